The minimum Gasteiger partial charge on any atom is -0.348 e. The van der Waals surface area contributed by atoms with E-state index in [0.29, 0.717) is 12.5 Å². The topological polar surface area (TPSA) is 58.9 Å². The molecule has 2 aromatic rings. The van der Waals surface area contributed by atoms with Crippen LogP contribution in [0.5, 0.6) is 0 Å². The summed E-state index contributed by atoms with van der Waals surface area (Å²) in [7, 11) is 0. The molecule has 6 nitrogen and oxygen atoms in total. The van der Waals surface area contributed by atoms with E-state index in [1.54, 1.807) is 12.4 Å². The molecule has 0 radical (unpaired) electrons. The van der Waals surface area contributed by atoms with Gasteiger partial charge in [-0.25, -0.2) is 9.97 Å². The van der Waals surface area contributed by atoms with Gasteiger partial charge in [0.25, 0.3) is 0 Å². The quantitative estimate of drug-likeness (QED) is 0.795. The Morgan fingerprint density at radius 3 is 2.86 bits per heavy atom. The minimum atomic E-state index is 0.648. The van der Waals surface area contributed by atoms with E-state index in [1.165, 1.54) is 31.5 Å². The van der Waals surface area contributed by atoms with Crippen LogP contribution in [-0.4, -0.2) is 37.7 Å². The standard InChI is InChI=1S/C16H24N6/c1-2-3-4-8-21-9-10-22-15(13-21)11-14(20-22)12-19-16-17-6-5-7-18-16/h5-7,11H,2-4,8-10,12-13H2,1H3,(H,17,18,19). The van der Waals surface area contributed by atoms with E-state index in [0.717, 1.165) is 25.3 Å². The highest BCUT2D eigenvalue weighted by Gasteiger charge is 2.17. The second kappa shape index (κ2) is 7.35. The first kappa shape index (κ1) is 15.0. The lowest BCUT2D eigenvalue weighted by molar-refractivity contribution is 0.209. The predicted molar refractivity (Wildman–Crippen MR) is 86.4 cm³/mol. The first-order chi connectivity index (χ1) is 10.8. The molecule has 1 N–H and O–H groups in total. The van der Waals surface area contributed by atoms with E-state index in [4.69, 9.17) is 0 Å². The minimum absolute atomic E-state index is 0.648. The van der Waals surface area contributed by atoms with Crippen molar-refractivity contribution in [3.8, 4) is 0 Å². The Morgan fingerprint density at radius 2 is 2.05 bits per heavy atom. The van der Waals surface area contributed by atoms with Gasteiger partial charge >= 0.3 is 0 Å². The number of nitrogens with one attached hydrogen (secondary N) is 1. The molecule has 22 heavy (non-hydrogen) atoms. The molecular weight excluding hydrogens is 276 g/mol. The Balaban J connectivity index is 1.54. The smallest absolute Gasteiger partial charge is 0.222 e. The van der Waals surface area contributed by atoms with Gasteiger partial charge in [-0.15, -0.1) is 0 Å². The zero-order chi connectivity index (χ0) is 15.2. The van der Waals surface area contributed by atoms with E-state index in [-0.39, 0.29) is 0 Å². The summed E-state index contributed by atoms with van der Waals surface area (Å²) in [4.78, 5) is 10.9. The van der Waals surface area contributed by atoms with Crippen molar-refractivity contribution in [1.82, 2.24) is 24.6 Å². The Morgan fingerprint density at radius 1 is 1.18 bits per heavy atom. The van der Waals surface area contributed by atoms with E-state index in [9.17, 15) is 0 Å². The summed E-state index contributed by atoms with van der Waals surface area (Å²) in [6, 6.07) is 4.01. The van der Waals surface area contributed by atoms with Crippen molar-refractivity contribution in [2.45, 2.75) is 45.8 Å². The summed E-state index contributed by atoms with van der Waals surface area (Å²) in [5.74, 6) is 0.648. The number of nitrogens with zero attached hydrogens (tertiary/aromatic N) is 5. The normalized spacial score (nSPS) is 14.8. The Bertz CT molecular complexity index is 580. The fourth-order valence-corrected chi connectivity index (χ4v) is 2.80. The van der Waals surface area contributed by atoms with Crippen molar-refractivity contribution >= 4 is 5.95 Å². The van der Waals surface area contributed by atoms with Crippen LogP contribution in [0.4, 0.5) is 5.95 Å². The van der Waals surface area contributed by atoms with E-state index >= 15 is 0 Å². The van der Waals surface area contributed by atoms with Crippen LogP contribution in [-0.2, 0) is 19.6 Å². The van der Waals surface area contributed by atoms with Gasteiger partial charge in [0.2, 0.25) is 5.95 Å². The molecule has 3 heterocycles. The number of anilines is 1. The highest BCUT2D eigenvalue weighted by atomic mass is 15.3. The number of unbranched alkanes of at least 4 members (excludes halogenated alkanes) is 2. The van der Waals surface area contributed by atoms with Gasteiger partial charge in [-0.3, -0.25) is 9.58 Å². The van der Waals surface area contributed by atoms with E-state index in [2.05, 4.69) is 43.0 Å². The zero-order valence-corrected chi connectivity index (χ0v) is 13.2. The van der Waals surface area contributed by atoms with Crippen LogP contribution in [0.1, 0.15) is 37.6 Å². The average molecular weight is 300 g/mol. The number of rotatable bonds is 7. The van der Waals surface area contributed by atoms with E-state index in [1.807, 2.05) is 6.07 Å². The van der Waals surface area contributed by atoms with Crippen LogP contribution < -0.4 is 5.32 Å². The maximum atomic E-state index is 4.67. The third kappa shape index (κ3) is 3.82. The predicted octanol–water partition coefficient (Wildman–Crippen LogP) is 2.29. The van der Waals surface area contributed by atoms with Gasteiger partial charge in [0.05, 0.1) is 24.5 Å². The highest BCUT2D eigenvalue weighted by Crippen LogP contribution is 2.15. The molecule has 0 fully saturated rings. The largest absolute Gasteiger partial charge is 0.348 e. The molecule has 0 atom stereocenters. The van der Waals surface area contributed by atoms with Gasteiger partial charge in [-0.1, -0.05) is 19.8 Å². The van der Waals surface area contributed by atoms with Gasteiger partial charge in [-0.05, 0) is 25.1 Å². The third-order valence-corrected chi connectivity index (χ3v) is 4.00. The van der Waals surface area contributed by atoms with Crippen LogP contribution >= 0.6 is 0 Å². The summed E-state index contributed by atoms with van der Waals surface area (Å²) in [6.07, 6.45) is 7.37. The summed E-state index contributed by atoms with van der Waals surface area (Å²) >= 11 is 0. The molecule has 6 heteroatoms. The van der Waals surface area contributed by atoms with Gasteiger partial charge in [0.1, 0.15) is 0 Å². The van der Waals surface area contributed by atoms with Crippen molar-refractivity contribution in [3.05, 3.63) is 35.9 Å². The van der Waals surface area contributed by atoms with Gasteiger partial charge in [0, 0.05) is 25.5 Å². The molecule has 0 aliphatic carbocycles. The van der Waals surface area contributed by atoms with Crippen LogP contribution in [0.25, 0.3) is 0 Å². The Labute approximate surface area is 131 Å². The zero-order valence-electron chi connectivity index (χ0n) is 13.2. The molecule has 3 rings (SSSR count). The molecule has 0 bridgehead atoms. The lowest BCUT2D eigenvalue weighted by atomic mass is 10.2. The average Bonchev–Trinajstić information content (AvgIpc) is 2.96. The summed E-state index contributed by atoms with van der Waals surface area (Å²) < 4.78 is 2.14. The molecular formula is C16H24N6. The maximum absolute atomic E-state index is 4.67. The molecule has 0 saturated carbocycles. The van der Waals surface area contributed by atoms with Crippen LogP contribution in [0.2, 0.25) is 0 Å². The Hall–Kier alpha value is -1.95. The van der Waals surface area contributed by atoms with E-state index < -0.39 is 0 Å². The first-order valence-electron chi connectivity index (χ1n) is 8.14. The molecule has 1 aliphatic heterocycles. The second-order valence-electron chi connectivity index (χ2n) is 5.76. The van der Waals surface area contributed by atoms with Crippen molar-refractivity contribution in [2.75, 3.05) is 18.4 Å². The summed E-state index contributed by atoms with van der Waals surface area (Å²) in [5.41, 5.74) is 2.37. The molecule has 0 unspecified atom stereocenters. The lowest BCUT2D eigenvalue weighted by Crippen LogP contribution is -2.34. The molecule has 0 aromatic carbocycles. The molecule has 0 amide bonds. The maximum Gasteiger partial charge on any atom is 0.222 e. The van der Waals surface area contributed by atoms with Crippen molar-refractivity contribution < 1.29 is 0 Å². The van der Waals surface area contributed by atoms with Crippen molar-refractivity contribution in [2.24, 2.45) is 0 Å². The van der Waals surface area contributed by atoms with Crippen LogP contribution in [0.15, 0.2) is 24.5 Å². The SMILES string of the molecule is CCCCCN1CCn2nc(CNc3ncccn3)cc2C1. The number of fused-ring (bicyclic) bond motifs is 1. The van der Waals surface area contributed by atoms with Gasteiger partial charge < -0.3 is 5.32 Å². The van der Waals surface area contributed by atoms with Crippen LogP contribution in [0.3, 0.4) is 0 Å². The lowest BCUT2D eigenvalue weighted by Gasteiger charge is -2.27. The second-order valence-corrected chi connectivity index (χ2v) is 5.76. The molecule has 118 valence electrons. The molecule has 2 aromatic heterocycles. The van der Waals surface area contributed by atoms with Gasteiger partial charge in [-0.2, -0.15) is 5.10 Å². The monoisotopic (exact) mass is 300 g/mol. The number of hydrogen-bond acceptors (Lipinski definition) is 5. The number of aromatic nitrogens is 4. The molecule has 1 aliphatic rings. The van der Waals surface area contributed by atoms with Crippen LogP contribution in [0, 0.1) is 0 Å². The van der Waals surface area contributed by atoms with Crippen molar-refractivity contribution in [1.29, 1.82) is 0 Å². The fourth-order valence-electron chi connectivity index (χ4n) is 2.80. The number of hydrogen-bond donors (Lipinski definition) is 1. The summed E-state index contributed by atoms with van der Waals surface area (Å²) in [5, 5.41) is 7.88. The van der Waals surface area contributed by atoms with Crippen molar-refractivity contribution in [3.63, 3.8) is 0 Å². The highest BCUT2D eigenvalue weighted by molar-refractivity contribution is 5.24. The summed E-state index contributed by atoms with van der Waals surface area (Å²) in [6.45, 7) is 7.22. The third-order valence-electron chi connectivity index (χ3n) is 4.00. The fraction of sp³-hybridized carbons (Fsp3) is 0.562. The molecule has 0 saturated heterocycles. The molecule has 0 spiro atoms. The Kier molecular flexibility index (Phi) is 5.00. The first-order valence-corrected chi connectivity index (χ1v) is 8.14. The van der Waals surface area contributed by atoms with Gasteiger partial charge in [0.15, 0.2) is 0 Å².